The Kier molecular flexibility index (Phi) is 13.8. The zero-order valence-corrected chi connectivity index (χ0v) is 36.2. The molecule has 2 unspecified atom stereocenters. The number of anilines is 2. The van der Waals surface area contributed by atoms with Crippen molar-refractivity contribution in [3.8, 4) is 0 Å². The molecule has 3 aromatic rings. The van der Waals surface area contributed by atoms with Crippen LogP contribution in [0.4, 0.5) is 20.6 Å². The van der Waals surface area contributed by atoms with Gasteiger partial charge < -0.3 is 30.4 Å². The fourth-order valence-corrected chi connectivity index (χ4v) is 12.6. The Bertz CT molecular complexity index is 2120. The summed E-state index contributed by atoms with van der Waals surface area (Å²) >= 11 is 0. The van der Waals surface area contributed by atoms with E-state index >= 15 is 4.39 Å². The average Bonchev–Trinajstić information content (AvgIpc) is 3.91. The summed E-state index contributed by atoms with van der Waals surface area (Å²) < 4.78 is 42.4. The molecule has 3 aromatic carbocycles. The Morgan fingerprint density at radius 1 is 0.770 bits per heavy atom. The summed E-state index contributed by atoms with van der Waals surface area (Å²) in [6, 6.07) is 20.6. The molecule has 2 amide bonds. The van der Waals surface area contributed by atoms with Crippen LogP contribution >= 0.6 is 0 Å². The van der Waals surface area contributed by atoms with Gasteiger partial charge in [0.1, 0.15) is 5.82 Å². The molecule has 4 saturated heterocycles. The summed E-state index contributed by atoms with van der Waals surface area (Å²) in [5, 5.41) is 15.5. The van der Waals surface area contributed by atoms with Crippen LogP contribution in [0, 0.1) is 23.6 Å². The molecule has 8 rings (SSSR count). The number of likely N-dealkylation sites (tertiary alicyclic amines) is 3. The van der Waals surface area contributed by atoms with Crippen molar-refractivity contribution in [3.05, 3.63) is 96.3 Å². The van der Waals surface area contributed by atoms with Gasteiger partial charge in [0.25, 0.3) is 0 Å². The minimum Gasteiger partial charge on any atom is -0.465 e. The molecule has 0 spiro atoms. The van der Waals surface area contributed by atoms with Gasteiger partial charge in [0.05, 0.1) is 9.79 Å². The van der Waals surface area contributed by atoms with Crippen molar-refractivity contribution >= 4 is 33.2 Å². The van der Waals surface area contributed by atoms with Gasteiger partial charge in [-0.2, -0.15) is 0 Å². The Morgan fingerprint density at radius 2 is 1.52 bits per heavy atom. The molecule has 0 radical (unpaired) electrons. The van der Waals surface area contributed by atoms with E-state index in [9.17, 15) is 23.1 Å². The van der Waals surface area contributed by atoms with Gasteiger partial charge >= 0.3 is 6.09 Å². The number of benzene rings is 3. The van der Waals surface area contributed by atoms with Crippen molar-refractivity contribution in [3.63, 3.8) is 0 Å². The van der Waals surface area contributed by atoms with E-state index in [0.717, 1.165) is 128 Å². The van der Waals surface area contributed by atoms with Crippen LogP contribution in [-0.2, 0) is 20.0 Å². The van der Waals surface area contributed by atoms with Crippen LogP contribution in [0.5, 0.6) is 0 Å². The van der Waals surface area contributed by atoms with Gasteiger partial charge in [-0.15, -0.1) is 0 Å². The van der Waals surface area contributed by atoms with Crippen LogP contribution in [0.3, 0.4) is 0 Å². The monoisotopic (exact) mass is 854 g/mol. The number of sulfone groups is 1. The summed E-state index contributed by atoms with van der Waals surface area (Å²) in [5.74, 6) is 0.371. The van der Waals surface area contributed by atoms with Crippen LogP contribution < -0.4 is 15.5 Å². The maximum Gasteiger partial charge on any atom is 0.404 e. The highest BCUT2D eigenvalue weighted by atomic mass is 32.2. The molecular weight excluding hydrogens is 792 g/mol. The first-order chi connectivity index (χ1) is 29.6. The number of piperidine rings is 2. The second kappa shape index (κ2) is 19.4. The van der Waals surface area contributed by atoms with Gasteiger partial charge in [0.2, 0.25) is 15.7 Å². The predicted octanol–water partition coefficient (Wildman–Crippen LogP) is 7.26. The normalized spacial score (nSPS) is 24.4. The summed E-state index contributed by atoms with van der Waals surface area (Å²) in [6.07, 6.45) is 12.9. The molecule has 5 fully saturated rings. The third-order valence-electron chi connectivity index (χ3n) is 14.4. The lowest BCUT2D eigenvalue weighted by Crippen LogP contribution is -2.59. The Labute approximate surface area is 361 Å². The molecule has 4 heterocycles. The van der Waals surface area contributed by atoms with Gasteiger partial charge in [-0.05, 0) is 169 Å². The van der Waals surface area contributed by atoms with Gasteiger partial charge in [0, 0.05) is 61.6 Å². The lowest BCUT2D eigenvalue weighted by molar-refractivity contribution is -0.111. The zero-order chi connectivity index (χ0) is 42.4. The van der Waals surface area contributed by atoms with Gasteiger partial charge in [0.15, 0.2) is 0 Å². The molecule has 0 aromatic heterocycles. The fourth-order valence-electron chi connectivity index (χ4n) is 11.2. The van der Waals surface area contributed by atoms with Gasteiger partial charge in [-0.3, -0.25) is 9.69 Å². The van der Waals surface area contributed by atoms with Crippen molar-refractivity contribution in [1.29, 1.82) is 0 Å². The number of hydrogen-bond acceptors (Lipinski definition) is 8. The number of carboxylic acid groups (broad SMARTS) is 1. The largest absolute Gasteiger partial charge is 0.465 e. The number of carbonyl (C=O) groups excluding carboxylic acids is 1. The maximum atomic E-state index is 15.0. The highest BCUT2D eigenvalue weighted by Gasteiger charge is 2.53. The van der Waals surface area contributed by atoms with Crippen LogP contribution in [0.2, 0.25) is 0 Å². The quantitative estimate of drug-likeness (QED) is 0.136. The van der Waals surface area contributed by atoms with E-state index in [0.29, 0.717) is 17.5 Å². The van der Waals surface area contributed by atoms with Crippen LogP contribution in [-0.4, -0.2) is 118 Å². The SMILES string of the molecule is O=C(O)N[C@H]1CCC[C@@H]1C(CN1CCC1)(c1cccc(F)c1)C1CCN(CC2CCN(c3ccc(S(=O)(=O)c4cccc(NC(=O)/C=C/CN5CCCCC5)c4)cc3)C2)CC1. The maximum absolute atomic E-state index is 15.0. The van der Waals surface area contributed by atoms with Gasteiger partial charge in [-0.25, -0.2) is 17.6 Å². The molecule has 1 aliphatic carbocycles. The number of hydrogen-bond donors (Lipinski definition) is 3. The lowest BCUT2D eigenvalue weighted by Gasteiger charge is -2.53. The number of rotatable bonds is 15. The number of amides is 2. The summed E-state index contributed by atoms with van der Waals surface area (Å²) in [5.41, 5.74) is 2.12. The number of nitrogens with zero attached hydrogens (tertiary/aromatic N) is 4. The van der Waals surface area contributed by atoms with Crippen LogP contribution in [0.25, 0.3) is 0 Å². The lowest BCUT2D eigenvalue weighted by atomic mass is 9.57. The number of carbonyl (C=O) groups is 2. The highest BCUT2D eigenvalue weighted by molar-refractivity contribution is 7.91. The van der Waals surface area contributed by atoms with E-state index in [2.05, 4.69) is 36.3 Å². The molecule has 11 nitrogen and oxygen atoms in total. The van der Waals surface area contributed by atoms with E-state index in [1.807, 2.05) is 24.3 Å². The molecule has 13 heteroatoms. The third-order valence-corrected chi connectivity index (χ3v) is 16.2. The first-order valence-corrected chi connectivity index (χ1v) is 24.2. The van der Waals surface area contributed by atoms with Crippen molar-refractivity contribution in [1.82, 2.24) is 20.0 Å². The fraction of sp³-hybridized carbons (Fsp3) is 0.542. The molecular formula is C48H63FN6O5S. The summed E-state index contributed by atoms with van der Waals surface area (Å²) in [7, 11) is -3.81. The molecule has 4 aliphatic heterocycles. The topological polar surface area (TPSA) is 126 Å². The highest BCUT2D eigenvalue weighted by Crippen LogP contribution is 2.51. The van der Waals surface area contributed by atoms with E-state index in [4.69, 9.17) is 0 Å². The second-order valence-electron chi connectivity index (χ2n) is 18.2. The first-order valence-electron chi connectivity index (χ1n) is 22.7. The van der Waals surface area contributed by atoms with Crippen molar-refractivity contribution < 1.29 is 27.5 Å². The van der Waals surface area contributed by atoms with Gasteiger partial charge in [-0.1, -0.05) is 37.1 Å². The summed E-state index contributed by atoms with van der Waals surface area (Å²) in [6.45, 7) is 10.4. The Hall–Kier alpha value is -4.30. The smallest absolute Gasteiger partial charge is 0.404 e. The van der Waals surface area contributed by atoms with Crippen molar-refractivity contribution in [2.24, 2.45) is 17.8 Å². The Morgan fingerprint density at radius 3 is 2.25 bits per heavy atom. The molecule has 61 heavy (non-hydrogen) atoms. The average molecular weight is 855 g/mol. The van der Waals surface area contributed by atoms with E-state index in [1.165, 1.54) is 37.5 Å². The van der Waals surface area contributed by atoms with E-state index in [-0.39, 0.29) is 38.9 Å². The van der Waals surface area contributed by atoms with Crippen LogP contribution in [0.1, 0.15) is 69.8 Å². The predicted molar refractivity (Wildman–Crippen MR) is 237 cm³/mol. The third kappa shape index (κ3) is 10.2. The molecule has 3 N–H and O–H groups in total. The number of halogens is 1. The second-order valence-corrected chi connectivity index (χ2v) is 20.2. The zero-order valence-electron chi connectivity index (χ0n) is 35.4. The van der Waals surface area contributed by atoms with Crippen molar-refractivity contribution in [2.75, 3.05) is 82.2 Å². The minimum atomic E-state index is -3.81. The molecule has 0 bridgehead atoms. The molecule has 328 valence electrons. The Balaban J connectivity index is 0.874. The number of nitrogens with one attached hydrogen (secondary N) is 2. The van der Waals surface area contributed by atoms with Crippen LogP contribution in [0.15, 0.2) is 94.7 Å². The van der Waals surface area contributed by atoms with E-state index in [1.54, 1.807) is 36.4 Å². The minimum absolute atomic E-state index is 0.104. The standard InChI is InChI=1S/C48H63FN6O5S/c49-39-10-4-9-38(31-39)48(35-54-26-8-27-54,44-13-6-14-45(44)51-47(57)58)37-21-28-53(29-22-37)33-36-20-30-55(34-36)41-16-18-42(19-17-41)61(59,60)43-12-5-11-40(32-43)50-46(56)15-7-25-52-23-2-1-3-24-52/h4-5,7,9-12,15-19,31-32,36-37,44-45,51H,1-3,6,8,13-14,20-30,33-35H2,(H,50,56)(H,57,58)/b15-7+/t36?,44-,45-,48?/m0/s1. The molecule has 5 aliphatic rings. The van der Waals surface area contributed by atoms with E-state index < -0.39 is 15.9 Å². The molecule has 4 atom stereocenters. The first kappa shape index (κ1) is 43.4. The van der Waals surface area contributed by atoms with Crippen molar-refractivity contribution in [2.45, 2.75) is 85.5 Å². The molecule has 1 saturated carbocycles. The summed E-state index contributed by atoms with van der Waals surface area (Å²) in [4.78, 5) is 34.7.